The molecule has 78 valence electrons. The van der Waals surface area contributed by atoms with Crippen molar-refractivity contribution in [2.45, 2.75) is 12.7 Å². The Kier molecular flexibility index (Phi) is 1.95. The van der Waals surface area contributed by atoms with Gasteiger partial charge in [0.05, 0.1) is 17.4 Å². The summed E-state index contributed by atoms with van der Waals surface area (Å²) in [7, 11) is 0. The highest BCUT2D eigenvalue weighted by atomic mass is 19.1. The standard InChI is InChI=1S/C11H12FN3/c12-9-5-15(6-9)4-8-2-1-3-10-11(8)14-7-13-10/h1-3,7,9H,4-6H2,(H,13,14). The number of para-hydroxylation sites is 1. The maximum atomic E-state index is 12.7. The first-order valence-electron chi connectivity index (χ1n) is 5.10. The molecule has 3 nitrogen and oxygen atoms in total. The molecule has 15 heavy (non-hydrogen) atoms. The van der Waals surface area contributed by atoms with Crippen LogP contribution in [-0.2, 0) is 6.54 Å². The minimum Gasteiger partial charge on any atom is -0.345 e. The van der Waals surface area contributed by atoms with E-state index < -0.39 is 6.17 Å². The van der Waals surface area contributed by atoms with Gasteiger partial charge in [-0.05, 0) is 11.6 Å². The van der Waals surface area contributed by atoms with Crippen LogP contribution in [0.1, 0.15) is 5.56 Å². The maximum absolute atomic E-state index is 12.7. The normalized spacial score (nSPS) is 18.2. The molecule has 1 saturated heterocycles. The number of aromatic amines is 1. The van der Waals surface area contributed by atoms with Gasteiger partial charge in [-0.1, -0.05) is 12.1 Å². The Hall–Kier alpha value is -1.42. The molecule has 2 heterocycles. The van der Waals surface area contributed by atoms with Crippen LogP contribution in [0.15, 0.2) is 24.5 Å². The summed E-state index contributed by atoms with van der Waals surface area (Å²) in [6.45, 7) is 1.91. The molecule has 0 amide bonds. The van der Waals surface area contributed by atoms with Gasteiger partial charge in [0.25, 0.3) is 0 Å². The van der Waals surface area contributed by atoms with Gasteiger partial charge in [0.1, 0.15) is 6.17 Å². The number of nitrogens with zero attached hydrogens (tertiary/aromatic N) is 2. The van der Waals surface area contributed by atoms with E-state index in [1.54, 1.807) is 6.33 Å². The summed E-state index contributed by atoms with van der Waals surface area (Å²) in [6, 6.07) is 6.05. The van der Waals surface area contributed by atoms with E-state index in [9.17, 15) is 4.39 Å². The smallest absolute Gasteiger partial charge is 0.125 e. The molecule has 0 aliphatic carbocycles. The van der Waals surface area contributed by atoms with Crippen LogP contribution in [-0.4, -0.2) is 34.1 Å². The molecule has 0 atom stereocenters. The van der Waals surface area contributed by atoms with Gasteiger partial charge in [0.15, 0.2) is 0 Å². The van der Waals surface area contributed by atoms with Crippen molar-refractivity contribution < 1.29 is 4.39 Å². The highest BCUT2D eigenvalue weighted by Crippen LogP contribution is 2.20. The molecule has 1 N–H and O–H groups in total. The van der Waals surface area contributed by atoms with Gasteiger partial charge in [-0.15, -0.1) is 0 Å². The molecule has 3 rings (SSSR count). The number of nitrogens with one attached hydrogen (secondary N) is 1. The van der Waals surface area contributed by atoms with Gasteiger partial charge in [-0.2, -0.15) is 0 Å². The number of hydrogen-bond donors (Lipinski definition) is 1. The van der Waals surface area contributed by atoms with Gasteiger partial charge in [-0.3, -0.25) is 4.90 Å². The molecule has 1 aliphatic rings. The lowest BCUT2D eigenvalue weighted by Gasteiger charge is -2.34. The maximum Gasteiger partial charge on any atom is 0.125 e. The van der Waals surface area contributed by atoms with Crippen molar-refractivity contribution in [1.29, 1.82) is 0 Å². The van der Waals surface area contributed by atoms with Gasteiger partial charge in [-0.25, -0.2) is 9.37 Å². The number of likely N-dealkylation sites (tertiary alicyclic amines) is 1. The van der Waals surface area contributed by atoms with E-state index in [1.807, 2.05) is 12.1 Å². The van der Waals surface area contributed by atoms with E-state index in [4.69, 9.17) is 0 Å². The number of H-pyrrole nitrogens is 1. The highest BCUT2D eigenvalue weighted by molar-refractivity contribution is 5.78. The first kappa shape index (κ1) is 8.85. The van der Waals surface area contributed by atoms with Crippen molar-refractivity contribution in [3.63, 3.8) is 0 Å². The van der Waals surface area contributed by atoms with E-state index in [0.717, 1.165) is 17.6 Å². The second-order valence-corrected chi connectivity index (χ2v) is 4.01. The third-order valence-electron chi connectivity index (χ3n) is 2.84. The number of halogens is 1. The largest absolute Gasteiger partial charge is 0.345 e. The lowest BCUT2D eigenvalue weighted by atomic mass is 10.1. The Morgan fingerprint density at radius 1 is 1.47 bits per heavy atom. The number of alkyl halides is 1. The Morgan fingerprint density at radius 2 is 2.33 bits per heavy atom. The molecule has 1 aromatic heterocycles. The summed E-state index contributed by atoms with van der Waals surface area (Å²) < 4.78 is 12.7. The van der Waals surface area contributed by atoms with Crippen LogP contribution >= 0.6 is 0 Å². The Bertz CT molecular complexity index is 473. The lowest BCUT2D eigenvalue weighted by Crippen LogP contribution is -2.47. The number of hydrogen-bond acceptors (Lipinski definition) is 2. The zero-order valence-corrected chi connectivity index (χ0v) is 8.28. The predicted molar refractivity (Wildman–Crippen MR) is 56.3 cm³/mol. The van der Waals surface area contributed by atoms with E-state index in [1.165, 1.54) is 5.56 Å². The van der Waals surface area contributed by atoms with Crippen LogP contribution in [0.5, 0.6) is 0 Å². The van der Waals surface area contributed by atoms with Crippen molar-refractivity contribution in [3.05, 3.63) is 30.1 Å². The third kappa shape index (κ3) is 1.51. The summed E-state index contributed by atoms with van der Waals surface area (Å²) in [5.74, 6) is 0. The van der Waals surface area contributed by atoms with Crippen molar-refractivity contribution >= 4 is 11.0 Å². The fourth-order valence-corrected chi connectivity index (χ4v) is 2.03. The number of fused-ring (bicyclic) bond motifs is 1. The summed E-state index contributed by atoms with van der Waals surface area (Å²) >= 11 is 0. The second kappa shape index (κ2) is 3.31. The van der Waals surface area contributed by atoms with Crippen LogP contribution in [0.2, 0.25) is 0 Å². The first-order chi connectivity index (χ1) is 7.33. The predicted octanol–water partition coefficient (Wildman–Crippen LogP) is 1.72. The molecule has 2 aromatic rings. The van der Waals surface area contributed by atoms with Crippen molar-refractivity contribution in [2.24, 2.45) is 0 Å². The van der Waals surface area contributed by atoms with Gasteiger partial charge in [0, 0.05) is 19.6 Å². The SMILES string of the molecule is FC1CN(Cc2cccc3[nH]cnc23)C1. The molecule has 0 spiro atoms. The molecule has 0 saturated carbocycles. The number of imidazole rings is 1. The van der Waals surface area contributed by atoms with E-state index in [-0.39, 0.29) is 0 Å². The van der Waals surface area contributed by atoms with Gasteiger partial charge < -0.3 is 4.98 Å². The Balaban J connectivity index is 1.87. The van der Waals surface area contributed by atoms with Gasteiger partial charge in [0.2, 0.25) is 0 Å². The van der Waals surface area contributed by atoms with Crippen molar-refractivity contribution in [3.8, 4) is 0 Å². The summed E-state index contributed by atoms with van der Waals surface area (Å²) in [5, 5.41) is 0. The number of benzene rings is 1. The van der Waals surface area contributed by atoms with Crippen LogP contribution in [0.25, 0.3) is 11.0 Å². The van der Waals surface area contributed by atoms with E-state index in [0.29, 0.717) is 13.1 Å². The van der Waals surface area contributed by atoms with E-state index >= 15 is 0 Å². The lowest BCUT2D eigenvalue weighted by molar-refractivity contribution is 0.0594. The van der Waals surface area contributed by atoms with Crippen molar-refractivity contribution in [1.82, 2.24) is 14.9 Å². The Labute approximate surface area is 86.9 Å². The minimum absolute atomic E-state index is 0.556. The fraction of sp³-hybridized carbons (Fsp3) is 0.364. The Morgan fingerprint density at radius 3 is 3.13 bits per heavy atom. The first-order valence-corrected chi connectivity index (χ1v) is 5.10. The molecule has 0 radical (unpaired) electrons. The third-order valence-corrected chi connectivity index (χ3v) is 2.84. The zero-order valence-electron chi connectivity index (χ0n) is 8.28. The molecule has 0 bridgehead atoms. The summed E-state index contributed by atoms with van der Waals surface area (Å²) in [6.07, 6.45) is 1.06. The summed E-state index contributed by atoms with van der Waals surface area (Å²) in [4.78, 5) is 9.44. The second-order valence-electron chi connectivity index (χ2n) is 4.01. The molecule has 0 unspecified atom stereocenters. The van der Waals surface area contributed by atoms with Crippen molar-refractivity contribution in [2.75, 3.05) is 13.1 Å². The minimum atomic E-state index is -0.636. The zero-order chi connectivity index (χ0) is 10.3. The molecular formula is C11H12FN3. The number of rotatable bonds is 2. The van der Waals surface area contributed by atoms with Crippen LogP contribution in [0.4, 0.5) is 4.39 Å². The average molecular weight is 205 g/mol. The fourth-order valence-electron chi connectivity index (χ4n) is 2.03. The molecule has 1 aromatic carbocycles. The highest BCUT2D eigenvalue weighted by Gasteiger charge is 2.26. The molecule has 4 heteroatoms. The average Bonchev–Trinajstić information content (AvgIpc) is 2.64. The molecule has 1 fully saturated rings. The number of aromatic nitrogens is 2. The quantitative estimate of drug-likeness (QED) is 0.809. The molecular weight excluding hydrogens is 193 g/mol. The molecule has 1 aliphatic heterocycles. The van der Waals surface area contributed by atoms with Crippen LogP contribution < -0.4 is 0 Å². The summed E-state index contributed by atoms with van der Waals surface area (Å²) in [5.41, 5.74) is 3.21. The van der Waals surface area contributed by atoms with Gasteiger partial charge >= 0.3 is 0 Å². The topological polar surface area (TPSA) is 31.9 Å². The van der Waals surface area contributed by atoms with Crippen LogP contribution in [0, 0.1) is 0 Å². The monoisotopic (exact) mass is 205 g/mol. The van der Waals surface area contributed by atoms with Crippen LogP contribution in [0.3, 0.4) is 0 Å². The van der Waals surface area contributed by atoms with E-state index in [2.05, 4.69) is 20.9 Å².